The topological polar surface area (TPSA) is 68.3 Å². The van der Waals surface area contributed by atoms with Crippen molar-refractivity contribution in [1.29, 1.82) is 0 Å². The molecule has 0 bridgehead atoms. The molecule has 0 atom stereocenters. The Kier molecular flexibility index (Phi) is 5.96. The average molecular weight is 364 g/mol. The zero-order valence-corrected chi connectivity index (χ0v) is 16.5. The zero-order chi connectivity index (χ0) is 19.2. The first kappa shape index (κ1) is 18.8. The van der Waals surface area contributed by atoms with E-state index in [-0.39, 0.29) is 0 Å². The highest BCUT2D eigenvalue weighted by Crippen LogP contribution is 2.22. The van der Waals surface area contributed by atoms with Crippen LogP contribution >= 0.6 is 0 Å². The van der Waals surface area contributed by atoms with Crippen LogP contribution in [0.2, 0.25) is 0 Å². The Morgan fingerprint density at radius 3 is 2.74 bits per heavy atom. The van der Waals surface area contributed by atoms with Crippen molar-refractivity contribution < 1.29 is 0 Å². The van der Waals surface area contributed by atoms with Gasteiger partial charge >= 0.3 is 0 Å². The third kappa shape index (κ3) is 4.58. The lowest BCUT2D eigenvalue weighted by atomic mass is 10.1. The molecule has 0 fully saturated rings. The summed E-state index contributed by atoms with van der Waals surface area (Å²) in [6.45, 7) is 3.60. The number of aryl methyl sites for hydroxylation is 1. The highest BCUT2D eigenvalue weighted by atomic mass is 15.2. The van der Waals surface area contributed by atoms with E-state index in [9.17, 15) is 0 Å². The SMILES string of the molecule is CN=C(NCCc1c[nH]c2cccc(C)c12)NCc1cccc(N(C)C)n1. The quantitative estimate of drug-likeness (QED) is 0.465. The van der Waals surface area contributed by atoms with Crippen LogP contribution in [0.4, 0.5) is 5.82 Å². The Hall–Kier alpha value is -3.02. The van der Waals surface area contributed by atoms with Crippen molar-refractivity contribution in [2.75, 3.05) is 32.6 Å². The second-order valence-corrected chi connectivity index (χ2v) is 6.80. The molecule has 0 unspecified atom stereocenters. The molecule has 6 heteroatoms. The number of benzene rings is 1. The zero-order valence-electron chi connectivity index (χ0n) is 16.5. The number of hydrogen-bond acceptors (Lipinski definition) is 3. The normalized spacial score (nSPS) is 11.6. The van der Waals surface area contributed by atoms with Crippen molar-refractivity contribution in [2.45, 2.75) is 19.9 Å². The van der Waals surface area contributed by atoms with Crippen molar-refractivity contribution in [1.82, 2.24) is 20.6 Å². The largest absolute Gasteiger partial charge is 0.363 e. The van der Waals surface area contributed by atoms with Gasteiger partial charge in [0.15, 0.2) is 5.96 Å². The number of guanidine groups is 1. The number of nitrogens with zero attached hydrogens (tertiary/aromatic N) is 3. The van der Waals surface area contributed by atoms with Crippen LogP contribution in [-0.4, -0.2) is 43.6 Å². The molecule has 27 heavy (non-hydrogen) atoms. The first-order chi connectivity index (χ1) is 13.1. The fraction of sp³-hybridized carbons (Fsp3) is 0.333. The lowest BCUT2D eigenvalue weighted by molar-refractivity contribution is 0.784. The third-order valence-corrected chi connectivity index (χ3v) is 4.59. The van der Waals surface area contributed by atoms with Crippen LogP contribution in [0.15, 0.2) is 47.6 Å². The van der Waals surface area contributed by atoms with Gasteiger partial charge in [0, 0.05) is 44.8 Å². The first-order valence-corrected chi connectivity index (χ1v) is 9.22. The number of fused-ring (bicyclic) bond motifs is 1. The van der Waals surface area contributed by atoms with Gasteiger partial charge in [-0.1, -0.05) is 18.2 Å². The van der Waals surface area contributed by atoms with Crippen LogP contribution in [0.3, 0.4) is 0 Å². The number of H-pyrrole nitrogens is 1. The van der Waals surface area contributed by atoms with Crippen LogP contribution in [0, 0.1) is 6.92 Å². The number of aliphatic imine (C=N–C) groups is 1. The molecule has 3 aromatic rings. The standard InChI is InChI=1S/C21H28N6/c1-15-7-5-9-18-20(15)16(13-24-18)11-12-23-21(22-2)25-14-17-8-6-10-19(26-17)27(3)4/h5-10,13,24H,11-12,14H2,1-4H3,(H2,22,23,25). The number of hydrogen-bond donors (Lipinski definition) is 3. The van der Waals surface area contributed by atoms with E-state index in [2.05, 4.69) is 56.9 Å². The number of nitrogens with one attached hydrogen (secondary N) is 3. The van der Waals surface area contributed by atoms with Crippen molar-refractivity contribution in [3.63, 3.8) is 0 Å². The number of pyridine rings is 1. The molecule has 1 aromatic carbocycles. The van der Waals surface area contributed by atoms with Gasteiger partial charge in [0.2, 0.25) is 0 Å². The van der Waals surface area contributed by atoms with E-state index in [1.807, 2.05) is 37.2 Å². The predicted octanol–water partition coefficient (Wildman–Crippen LogP) is 2.85. The van der Waals surface area contributed by atoms with Gasteiger partial charge in [-0.3, -0.25) is 4.99 Å². The minimum absolute atomic E-state index is 0.632. The van der Waals surface area contributed by atoms with Crippen LogP contribution in [-0.2, 0) is 13.0 Å². The Bertz CT molecular complexity index is 925. The first-order valence-electron chi connectivity index (χ1n) is 9.22. The Morgan fingerprint density at radius 2 is 1.96 bits per heavy atom. The van der Waals surface area contributed by atoms with E-state index >= 15 is 0 Å². The second-order valence-electron chi connectivity index (χ2n) is 6.80. The predicted molar refractivity (Wildman–Crippen MR) is 114 cm³/mol. The van der Waals surface area contributed by atoms with E-state index in [1.54, 1.807) is 7.05 Å². The molecule has 3 N–H and O–H groups in total. The molecule has 0 saturated carbocycles. The minimum atomic E-state index is 0.632. The molecule has 0 aliphatic heterocycles. The Morgan fingerprint density at radius 1 is 1.15 bits per heavy atom. The van der Waals surface area contributed by atoms with Gasteiger partial charge in [0.05, 0.1) is 12.2 Å². The van der Waals surface area contributed by atoms with Crippen molar-refractivity contribution >= 4 is 22.7 Å². The van der Waals surface area contributed by atoms with Crippen LogP contribution in [0.25, 0.3) is 10.9 Å². The number of aromatic nitrogens is 2. The Labute approximate surface area is 160 Å². The summed E-state index contributed by atoms with van der Waals surface area (Å²) in [4.78, 5) is 14.3. The van der Waals surface area contributed by atoms with Gasteiger partial charge in [-0.25, -0.2) is 4.98 Å². The van der Waals surface area contributed by atoms with Gasteiger partial charge in [-0.15, -0.1) is 0 Å². The summed E-state index contributed by atoms with van der Waals surface area (Å²) in [5.74, 6) is 1.73. The third-order valence-electron chi connectivity index (χ3n) is 4.59. The van der Waals surface area contributed by atoms with Crippen molar-refractivity contribution in [3.8, 4) is 0 Å². The second kappa shape index (κ2) is 8.58. The minimum Gasteiger partial charge on any atom is -0.363 e. The maximum absolute atomic E-state index is 4.62. The van der Waals surface area contributed by atoms with Gasteiger partial charge < -0.3 is 20.5 Å². The molecule has 0 aliphatic rings. The van der Waals surface area contributed by atoms with Crippen LogP contribution < -0.4 is 15.5 Å². The molecule has 6 nitrogen and oxygen atoms in total. The fourth-order valence-corrected chi connectivity index (χ4v) is 3.17. The summed E-state index contributed by atoms with van der Waals surface area (Å²) in [6.07, 6.45) is 3.03. The molecule has 0 saturated heterocycles. The number of rotatable bonds is 6. The van der Waals surface area contributed by atoms with Crippen molar-refractivity contribution in [2.24, 2.45) is 4.99 Å². The van der Waals surface area contributed by atoms with Gasteiger partial charge in [-0.2, -0.15) is 0 Å². The molecular formula is C21H28N6. The van der Waals surface area contributed by atoms with Gasteiger partial charge in [-0.05, 0) is 42.7 Å². The lowest BCUT2D eigenvalue weighted by Crippen LogP contribution is -2.38. The smallest absolute Gasteiger partial charge is 0.191 e. The summed E-state index contributed by atoms with van der Waals surface area (Å²) in [5, 5.41) is 8.04. The molecule has 142 valence electrons. The summed E-state index contributed by atoms with van der Waals surface area (Å²) in [7, 11) is 5.77. The molecule has 3 rings (SSSR count). The molecular weight excluding hydrogens is 336 g/mol. The van der Waals surface area contributed by atoms with Gasteiger partial charge in [0.25, 0.3) is 0 Å². The van der Waals surface area contributed by atoms with E-state index < -0.39 is 0 Å². The monoisotopic (exact) mass is 364 g/mol. The fourth-order valence-electron chi connectivity index (χ4n) is 3.17. The van der Waals surface area contributed by atoms with Crippen molar-refractivity contribution in [3.05, 3.63) is 59.4 Å². The lowest BCUT2D eigenvalue weighted by Gasteiger charge is -2.14. The number of anilines is 1. The average Bonchev–Trinajstić information content (AvgIpc) is 3.09. The Balaban J connectivity index is 1.54. The van der Waals surface area contributed by atoms with Gasteiger partial charge in [0.1, 0.15) is 5.82 Å². The van der Waals surface area contributed by atoms with E-state index in [4.69, 9.17) is 0 Å². The van der Waals surface area contributed by atoms with Crippen LogP contribution in [0.5, 0.6) is 0 Å². The maximum atomic E-state index is 4.62. The van der Waals surface area contributed by atoms with Crippen LogP contribution in [0.1, 0.15) is 16.8 Å². The van der Waals surface area contributed by atoms with E-state index in [0.717, 1.165) is 30.4 Å². The highest BCUT2D eigenvalue weighted by molar-refractivity contribution is 5.86. The highest BCUT2D eigenvalue weighted by Gasteiger charge is 2.07. The summed E-state index contributed by atoms with van der Waals surface area (Å²) < 4.78 is 0. The molecule has 0 aliphatic carbocycles. The number of aromatic amines is 1. The summed E-state index contributed by atoms with van der Waals surface area (Å²) in [5.41, 5.74) is 4.81. The summed E-state index contributed by atoms with van der Waals surface area (Å²) in [6, 6.07) is 12.4. The molecule has 2 heterocycles. The molecule has 0 amide bonds. The molecule has 0 radical (unpaired) electrons. The van der Waals surface area contributed by atoms with E-state index in [0.29, 0.717) is 6.54 Å². The van der Waals surface area contributed by atoms with E-state index in [1.165, 1.54) is 22.0 Å². The summed E-state index contributed by atoms with van der Waals surface area (Å²) >= 11 is 0. The maximum Gasteiger partial charge on any atom is 0.191 e. The molecule has 2 aromatic heterocycles. The molecule has 0 spiro atoms.